The van der Waals surface area contributed by atoms with Gasteiger partial charge in [-0.25, -0.2) is 4.39 Å². The third-order valence-corrected chi connectivity index (χ3v) is 5.47. The number of rotatable bonds is 7. The Morgan fingerprint density at radius 3 is 2.32 bits per heavy atom. The van der Waals surface area contributed by atoms with E-state index in [1.54, 1.807) is 14.2 Å². The number of alkyl halides is 1. The van der Waals surface area contributed by atoms with Crippen molar-refractivity contribution in [2.24, 2.45) is 5.92 Å². The van der Waals surface area contributed by atoms with Gasteiger partial charge in [0, 0.05) is 25.7 Å². The first kappa shape index (κ1) is 19.0. The zero-order valence-corrected chi connectivity index (χ0v) is 16.1. The molecule has 5 nitrogen and oxygen atoms in total. The number of benzene rings is 2. The molecule has 4 atom stereocenters. The SMILES string of the molecule is COCOc1ccc(C2Oc3ccc(OCOC)cc3C3CC(F)CC32)cc1. The van der Waals surface area contributed by atoms with Crippen LogP contribution < -0.4 is 14.2 Å². The van der Waals surface area contributed by atoms with Crippen LogP contribution in [0.2, 0.25) is 0 Å². The molecule has 1 fully saturated rings. The quantitative estimate of drug-likeness (QED) is 0.648. The number of ether oxygens (including phenoxy) is 5. The Labute approximate surface area is 164 Å². The molecule has 0 spiro atoms. The van der Waals surface area contributed by atoms with E-state index < -0.39 is 6.17 Å². The van der Waals surface area contributed by atoms with Crippen molar-refractivity contribution in [3.63, 3.8) is 0 Å². The molecule has 1 aliphatic heterocycles. The van der Waals surface area contributed by atoms with Crippen molar-refractivity contribution < 1.29 is 28.1 Å². The van der Waals surface area contributed by atoms with Gasteiger partial charge in [-0.2, -0.15) is 0 Å². The van der Waals surface area contributed by atoms with Crippen molar-refractivity contribution in [2.75, 3.05) is 27.8 Å². The zero-order chi connectivity index (χ0) is 19.5. The fraction of sp³-hybridized carbons (Fsp3) is 0.455. The molecule has 1 saturated carbocycles. The monoisotopic (exact) mass is 388 g/mol. The topological polar surface area (TPSA) is 46.2 Å². The Hall–Kier alpha value is -2.31. The molecule has 1 heterocycles. The van der Waals surface area contributed by atoms with E-state index >= 15 is 0 Å². The maximum atomic E-state index is 14.4. The molecule has 0 saturated heterocycles. The fourth-order valence-electron chi connectivity index (χ4n) is 4.26. The molecule has 0 amide bonds. The second-order valence-electron chi connectivity index (χ2n) is 7.25. The van der Waals surface area contributed by atoms with Crippen LogP contribution in [0.5, 0.6) is 17.2 Å². The van der Waals surface area contributed by atoms with Crippen LogP contribution in [0.15, 0.2) is 42.5 Å². The summed E-state index contributed by atoms with van der Waals surface area (Å²) in [5.41, 5.74) is 2.05. The lowest BCUT2D eigenvalue weighted by Crippen LogP contribution is -2.26. The fourth-order valence-corrected chi connectivity index (χ4v) is 4.26. The normalized spacial score (nSPS) is 25.5. The molecule has 4 rings (SSSR count). The van der Waals surface area contributed by atoms with E-state index in [1.165, 1.54) is 0 Å². The first-order valence-corrected chi connectivity index (χ1v) is 9.47. The van der Waals surface area contributed by atoms with Gasteiger partial charge in [0.25, 0.3) is 0 Å². The van der Waals surface area contributed by atoms with Gasteiger partial charge in [-0.1, -0.05) is 12.1 Å². The number of hydrogen-bond donors (Lipinski definition) is 0. The van der Waals surface area contributed by atoms with E-state index in [-0.39, 0.29) is 31.5 Å². The van der Waals surface area contributed by atoms with Gasteiger partial charge < -0.3 is 23.7 Å². The summed E-state index contributed by atoms with van der Waals surface area (Å²) in [6.07, 6.45) is 0.0144. The van der Waals surface area contributed by atoms with Gasteiger partial charge in [0.05, 0.1) is 0 Å². The molecule has 2 aliphatic rings. The molecule has 2 aromatic carbocycles. The molecule has 1 aliphatic carbocycles. The van der Waals surface area contributed by atoms with Crippen LogP contribution in [0, 0.1) is 5.92 Å². The minimum atomic E-state index is -0.820. The van der Waals surface area contributed by atoms with Crippen molar-refractivity contribution in [1.82, 2.24) is 0 Å². The van der Waals surface area contributed by atoms with Gasteiger partial charge in [0.2, 0.25) is 0 Å². The molecule has 0 aromatic heterocycles. The van der Waals surface area contributed by atoms with E-state index in [2.05, 4.69) is 0 Å². The van der Waals surface area contributed by atoms with Crippen molar-refractivity contribution in [3.8, 4) is 17.2 Å². The molecule has 0 bridgehead atoms. The highest BCUT2D eigenvalue weighted by Crippen LogP contribution is 2.55. The summed E-state index contributed by atoms with van der Waals surface area (Å²) in [6, 6.07) is 13.5. The summed E-state index contributed by atoms with van der Waals surface area (Å²) in [6.45, 7) is 0.383. The number of fused-ring (bicyclic) bond motifs is 3. The lowest BCUT2D eigenvalue weighted by molar-refractivity contribution is 0.0502. The van der Waals surface area contributed by atoms with Crippen LogP contribution >= 0.6 is 0 Å². The van der Waals surface area contributed by atoms with Crippen LogP contribution in [-0.4, -0.2) is 34.0 Å². The summed E-state index contributed by atoms with van der Waals surface area (Å²) in [4.78, 5) is 0. The van der Waals surface area contributed by atoms with E-state index in [1.807, 2.05) is 42.5 Å². The zero-order valence-electron chi connectivity index (χ0n) is 16.1. The van der Waals surface area contributed by atoms with E-state index in [0.717, 1.165) is 22.6 Å². The summed E-state index contributed by atoms with van der Waals surface area (Å²) < 4.78 is 41.6. The Bertz CT molecular complexity index is 794. The van der Waals surface area contributed by atoms with Crippen molar-refractivity contribution in [2.45, 2.75) is 31.0 Å². The second kappa shape index (κ2) is 8.37. The average molecular weight is 388 g/mol. The molecular formula is C22H25FO5. The van der Waals surface area contributed by atoms with Gasteiger partial charge in [-0.3, -0.25) is 0 Å². The Kier molecular flexibility index (Phi) is 5.69. The molecule has 0 radical (unpaired) electrons. The third kappa shape index (κ3) is 3.80. The molecule has 28 heavy (non-hydrogen) atoms. The first-order valence-electron chi connectivity index (χ1n) is 9.47. The highest BCUT2D eigenvalue weighted by Gasteiger charge is 2.46. The minimum Gasteiger partial charge on any atom is -0.485 e. The van der Waals surface area contributed by atoms with Gasteiger partial charge in [-0.05, 0) is 54.7 Å². The molecule has 0 N–H and O–H groups in total. The predicted molar refractivity (Wildman–Crippen MR) is 102 cm³/mol. The van der Waals surface area contributed by atoms with Crippen molar-refractivity contribution in [1.29, 1.82) is 0 Å². The van der Waals surface area contributed by atoms with Crippen molar-refractivity contribution in [3.05, 3.63) is 53.6 Å². The van der Waals surface area contributed by atoms with Crippen molar-refractivity contribution >= 4 is 0 Å². The average Bonchev–Trinajstić information content (AvgIpc) is 3.12. The second-order valence-corrected chi connectivity index (χ2v) is 7.25. The standard InChI is InChI=1S/C22H25FO5/c1-24-12-26-16-5-3-14(4-6-16)22-20-10-15(23)9-18(20)19-11-17(27-13-25-2)7-8-21(19)28-22/h3-8,11,15,18,20,22H,9-10,12-13H2,1-2H3. The maximum absolute atomic E-state index is 14.4. The highest BCUT2D eigenvalue weighted by molar-refractivity contribution is 5.46. The number of hydrogen-bond acceptors (Lipinski definition) is 5. The molecule has 4 unspecified atom stereocenters. The first-order chi connectivity index (χ1) is 13.7. The highest BCUT2D eigenvalue weighted by atomic mass is 19.1. The molecule has 2 aromatic rings. The van der Waals surface area contributed by atoms with E-state index in [9.17, 15) is 4.39 Å². The number of methoxy groups -OCH3 is 2. The van der Waals surface area contributed by atoms with Crippen LogP contribution in [0.4, 0.5) is 4.39 Å². The van der Waals surface area contributed by atoms with Crippen LogP contribution in [0.25, 0.3) is 0 Å². The summed E-state index contributed by atoms with van der Waals surface area (Å²) in [5, 5.41) is 0. The van der Waals surface area contributed by atoms with E-state index in [4.69, 9.17) is 23.7 Å². The van der Waals surface area contributed by atoms with Gasteiger partial charge >= 0.3 is 0 Å². The molecular weight excluding hydrogens is 363 g/mol. The molecule has 6 heteroatoms. The molecule has 150 valence electrons. The Balaban J connectivity index is 1.60. The lowest BCUT2D eigenvalue weighted by Gasteiger charge is -2.36. The van der Waals surface area contributed by atoms with Crippen LogP contribution in [0.1, 0.15) is 36.0 Å². The third-order valence-electron chi connectivity index (χ3n) is 5.47. The Morgan fingerprint density at radius 1 is 0.929 bits per heavy atom. The largest absolute Gasteiger partial charge is 0.485 e. The predicted octanol–water partition coefficient (Wildman–Crippen LogP) is 4.62. The smallest absolute Gasteiger partial charge is 0.188 e. The van der Waals surface area contributed by atoms with E-state index in [0.29, 0.717) is 18.6 Å². The van der Waals surface area contributed by atoms with Gasteiger partial charge in [0.1, 0.15) is 29.5 Å². The Morgan fingerprint density at radius 2 is 1.61 bits per heavy atom. The summed E-state index contributed by atoms with van der Waals surface area (Å²) in [7, 11) is 3.17. The van der Waals surface area contributed by atoms with Crippen LogP contribution in [0.3, 0.4) is 0 Å². The lowest BCUT2D eigenvalue weighted by atomic mass is 9.80. The minimum absolute atomic E-state index is 0.0888. The van der Waals surface area contributed by atoms with Gasteiger partial charge in [-0.15, -0.1) is 0 Å². The summed E-state index contributed by atoms with van der Waals surface area (Å²) in [5.74, 6) is 2.44. The maximum Gasteiger partial charge on any atom is 0.188 e. The van der Waals surface area contributed by atoms with Crippen LogP contribution in [-0.2, 0) is 9.47 Å². The summed E-state index contributed by atoms with van der Waals surface area (Å²) >= 11 is 0. The number of halogens is 1. The van der Waals surface area contributed by atoms with Gasteiger partial charge in [0.15, 0.2) is 13.6 Å².